The van der Waals surface area contributed by atoms with Crippen LogP contribution in [-0.2, 0) is 13.0 Å². The van der Waals surface area contributed by atoms with Gasteiger partial charge < -0.3 is 0 Å². The van der Waals surface area contributed by atoms with Crippen LogP contribution in [0.1, 0.15) is 58.1 Å². The van der Waals surface area contributed by atoms with Crippen LogP contribution in [0.15, 0.2) is 54.6 Å². The second-order valence-electron chi connectivity index (χ2n) is 7.45. The number of ketones is 1. The Balaban J connectivity index is 1.67. The highest BCUT2D eigenvalue weighted by atomic mass is 35.5. The molecule has 0 bridgehead atoms. The van der Waals surface area contributed by atoms with Gasteiger partial charge in [0.05, 0.1) is 17.0 Å². The summed E-state index contributed by atoms with van der Waals surface area (Å²) in [4.78, 5) is 12.9. The van der Waals surface area contributed by atoms with E-state index < -0.39 is 0 Å². The largest absolute Gasteiger partial charge is 0.294 e. The van der Waals surface area contributed by atoms with E-state index in [4.69, 9.17) is 16.7 Å². The van der Waals surface area contributed by atoms with Crippen molar-refractivity contribution >= 4 is 17.4 Å². The number of carbonyl (C=O) groups is 1. The van der Waals surface area contributed by atoms with Crippen LogP contribution < -0.4 is 0 Å². The average molecular weight is 379 g/mol. The molecule has 27 heavy (non-hydrogen) atoms. The molecule has 4 heteroatoms. The van der Waals surface area contributed by atoms with Gasteiger partial charge in [-0.1, -0.05) is 67.1 Å². The Bertz CT molecular complexity index is 977. The highest BCUT2D eigenvalue weighted by Gasteiger charge is 2.32. The molecule has 2 unspecified atom stereocenters. The zero-order valence-corrected chi connectivity index (χ0v) is 16.4. The highest BCUT2D eigenvalue weighted by Crippen LogP contribution is 2.37. The molecule has 138 valence electrons. The van der Waals surface area contributed by atoms with Gasteiger partial charge in [0, 0.05) is 23.9 Å². The minimum atomic E-state index is 0.112. The summed E-state index contributed by atoms with van der Waals surface area (Å²) in [5, 5.41) is 5.46. The summed E-state index contributed by atoms with van der Waals surface area (Å²) in [7, 11) is 0. The van der Waals surface area contributed by atoms with Crippen LogP contribution in [0.2, 0.25) is 5.02 Å². The molecule has 2 aromatic carbocycles. The molecule has 0 radical (unpaired) electrons. The van der Waals surface area contributed by atoms with Crippen LogP contribution in [0.4, 0.5) is 0 Å². The Morgan fingerprint density at radius 1 is 1.11 bits per heavy atom. The fraction of sp³-hybridized carbons (Fsp3) is 0.304. The first kappa shape index (κ1) is 18.0. The maximum absolute atomic E-state index is 12.9. The van der Waals surface area contributed by atoms with Crippen molar-refractivity contribution in [2.75, 3.05) is 0 Å². The van der Waals surface area contributed by atoms with Crippen molar-refractivity contribution in [2.45, 2.75) is 45.1 Å². The van der Waals surface area contributed by atoms with Gasteiger partial charge >= 0.3 is 0 Å². The van der Waals surface area contributed by atoms with E-state index in [1.807, 2.05) is 41.9 Å². The summed E-state index contributed by atoms with van der Waals surface area (Å²) in [6.45, 7) is 4.91. The molecule has 1 aliphatic rings. The third-order valence-corrected chi connectivity index (χ3v) is 5.89. The fourth-order valence-corrected chi connectivity index (χ4v) is 4.44. The molecule has 1 aliphatic carbocycles. The molecule has 0 saturated heterocycles. The summed E-state index contributed by atoms with van der Waals surface area (Å²) in [5.74, 6) is 0.614. The van der Waals surface area contributed by atoms with Crippen molar-refractivity contribution in [1.29, 1.82) is 0 Å². The molecule has 0 saturated carbocycles. The van der Waals surface area contributed by atoms with Crippen LogP contribution >= 0.6 is 11.6 Å². The van der Waals surface area contributed by atoms with Crippen LogP contribution in [-0.4, -0.2) is 15.6 Å². The van der Waals surface area contributed by atoms with Gasteiger partial charge in [-0.15, -0.1) is 0 Å². The Morgan fingerprint density at radius 3 is 2.56 bits per heavy atom. The number of hydrogen-bond donors (Lipinski definition) is 0. The lowest BCUT2D eigenvalue weighted by Crippen LogP contribution is -2.22. The topological polar surface area (TPSA) is 34.9 Å². The average Bonchev–Trinajstić information content (AvgIpc) is 2.98. The molecule has 0 aliphatic heterocycles. The SMILES string of the molecule is Cc1nn(CC(C)c2ccccc2)c2c1C(=O)CC(c1ccccc1Cl)C2. The molecule has 2 atom stereocenters. The van der Waals surface area contributed by atoms with Crippen molar-refractivity contribution in [3.05, 3.63) is 87.7 Å². The minimum absolute atomic E-state index is 0.112. The van der Waals surface area contributed by atoms with E-state index in [0.717, 1.165) is 40.5 Å². The molecular weight excluding hydrogens is 356 g/mol. The second kappa shape index (κ2) is 7.32. The summed E-state index contributed by atoms with van der Waals surface area (Å²) < 4.78 is 2.04. The summed E-state index contributed by atoms with van der Waals surface area (Å²) in [6.07, 6.45) is 1.30. The Hall–Kier alpha value is -2.39. The van der Waals surface area contributed by atoms with Gasteiger partial charge in [0.15, 0.2) is 5.78 Å². The van der Waals surface area contributed by atoms with E-state index in [1.54, 1.807) is 0 Å². The fourth-order valence-electron chi connectivity index (χ4n) is 4.15. The number of hydrogen-bond acceptors (Lipinski definition) is 2. The summed E-state index contributed by atoms with van der Waals surface area (Å²) >= 11 is 6.41. The van der Waals surface area contributed by atoms with Crippen LogP contribution in [0.25, 0.3) is 0 Å². The molecular formula is C23H23ClN2O. The molecule has 0 spiro atoms. The predicted octanol–water partition coefficient (Wildman–Crippen LogP) is 5.56. The number of carbonyl (C=O) groups excluding carboxylic acids is 1. The van der Waals surface area contributed by atoms with Crippen molar-refractivity contribution < 1.29 is 4.79 Å². The molecule has 1 aromatic heterocycles. The number of Topliss-reactive ketones (excluding diaryl/α,β-unsaturated/α-hetero) is 1. The number of rotatable bonds is 4. The molecule has 3 aromatic rings. The standard InChI is InChI=1S/C23H23ClN2O/c1-15(17-8-4-3-5-9-17)14-26-21-12-18(19-10-6-7-11-20(19)24)13-22(27)23(21)16(2)25-26/h3-11,15,18H,12-14H2,1-2H3. The second-order valence-corrected chi connectivity index (χ2v) is 7.86. The zero-order chi connectivity index (χ0) is 19.0. The van der Waals surface area contributed by atoms with Gasteiger partial charge in [-0.05, 0) is 36.5 Å². The maximum Gasteiger partial charge on any atom is 0.167 e. The Kier molecular flexibility index (Phi) is 4.88. The number of fused-ring (bicyclic) bond motifs is 1. The normalized spacial score (nSPS) is 17.6. The molecule has 0 amide bonds. The van der Waals surface area contributed by atoms with E-state index >= 15 is 0 Å². The molecule has 1 heterocycles. The monoisotopic (exact) mass is 378 g/mol. The van der Waals surface area contributed by atoms with Crippen molar-refractivity contribution in [1.82, 2.24) is 9.78 Å². The third kappa shape index (κ3) is 3.44. The third-order valence-electron chi connectivity index (χ3n) is 5.54. The predicted molar refractivity (Wildman–Crippen MR) is 109 cm³/mol. The number of benzene rings is 2. The van der Waals surface area contributed by atoms with Gasteiger partial charge in [0.2, 0.25) is 0 Å². The zero-order valence-electron chi connectivity index (χ0n) is 15.7. The van der Waals surface area contributed by atoms with E-state index in [-0.39, 0.29) is 11.7 Å². The first-order valence-electron chi connectivity index (χ1n) is 9.43. The lowest BCUT2D eigenvalue weighted by atomic mass is 9.81. The van der Waals surface area contributed by atoms with Crippen LogP contribution in [0, 0.1) is 6.92 Å². The van der Waals surface area contributed by atoms with Gasteiger partial charge in [-0.2, -0.15) is 5.10 Å². The lowest BCUT2D eigenvalue weighted by Gasteiger charge is -2.24. The Labute approximate surface area is 165 Å². The Morgan fingerprint density at radius 2 is 1.81 bits per heavy atom. The smallest absolute Gasteiger partial charge is 0.167 e. The van der Waals surface area contributed by atoms with Crippen LogP contribution in [0.3, 0.4) is 0 Å². The van der Waals surface area contributed by atoms with E-state index in [2.05, 4.69) is 31.2 Å². The van der Waals surface area contributed by atoms with Crippen LogP contribution in [0.5, 0.6) is 0 Å². The maximum atomic E-state index is 12.9. The summed E-state index contributed by atoms with van der Waals surface area (Å²) in [5.41, 5.74) is 5.05. The molecule has 4 rings (SSSR count). The van der Waals surface area contributed by atoms with Gasteiger partial charge in [-0.3, -0.25) is 9.48 Å². The first-order chi connectivity index (χ1) is 13.0. The van der Waals surface area contributed by atoms with Crippen molar-refractivity contribution in [3.8, 4) is 0 Å². The molecule has 0 fully saturated rings. The van der Waals surface area contributed by atoms with Gasteiger partial charge in [0.25, 0.3) is 0 Å². The van der Waals surface area contributed by atoms with Gasteiger partial charge in [-0.25, -0.2) is 0 Å². The number of aromatic nitrogens is 2. The molecule has 3 nitrogen and oxygen atoms in total. The lowest BCUT2D eigenvalue weighted by molar-refractivity contribution is 0.0962. The number of nitrogens with zero attached hydrogens (tertiary/aromatic N) is 2. The highest BCUT2D eigenvalue weighted by molar-refractivity contribution is 6.31. The number of aryl methyl sites for hydroxylation is 1. The molecule has 0 N–H and O–H groups in total. The van der Waals surface area contributed by atoms with Crippen molar-refractivity contribution in [3.63, 3.8) is 0 Å². The number of halogens is 1. The van der Waals surface area contributed by atoms with Crippen molar-refractivity contribution in [2.24, 2.45) is 0 Å². The first-order valence-corrected chi connectivity index (χ1v) is 9.81. The quantitative estimate of drug-likeness (QED) is 0.595. The van der Waals surface area contributed by atoms with Gasteiger partial charge in [0.1, 0.15) is 0 Å². The van der Waals surface area contributed by atoms with E-state index in [9.17, 15) is 4.79 Å². The summed E-state index contributed by atoms with van der Waals surface area (Å²) in [6, 6.07) is 18.3. The van der Waals surface area contributed by atoms with E-state index in [1.165, 1.54) is 5.56 Å². The minimum Gasteiger partial charge on any atom is -0.294 e. The van der Waals surface area contributed by atoms with E-state index in [0.29, 0.717) is 12.3 Å².